The number of rotatable bonds is 9. The van der Waals surface area contributed by atoms with Gasteiger partial charge in [0.2, 0.25) is 0 Å². The fraction of sp³-hybridized carbons (Fsp3) is 0.472. The summed E-state index contributed by atoms with van der Waals surface area (Å²) < 4.78 is 8.07. The van der Waals surface area contributed by atoms with Crippen molar-refractivity contribution >= 4 is 17.0 Å². The van der Waals surface area contributed by atoms with Crippen molar-refractivity contribution in [3.63, 3.8) is 0 Å². The molecule has 3 aromatic heterocycles. The predicted molar refractivity (Wildman–Crippen MR) is 180 cm³/mol. The topological polar surface area (TPSA) is 88.2 Å². The molecule has 3 unspecified atom stereocenters. The second kappa shape index (κ2) is 11.9. The number of aromatic nitrogens is 3. The first-order valence-electron chi connectivity index (χ1n) is 16.7. The molecule has 3 atom stereocenters. The number of piperidine rings is 1. The average Bonchev–Trinajstić information content (AvgIpc) is 3.84. The summed E-state index contributed by atoms with van der Waals surface area (Å²) in [5, 5.41) is 17.9. The number of fused-ring (bicyclic) bond motifs is 3. The first kappa shape index (κ1) is 29.2. The van der Waals surface area contributed by atoms with Crippen molar-refractivity contribution in [2.24, 2.45) is 5.41 Å². The van der Waals surface area contributed by atoms with Gasteiger partial charge in [-0.1, -0.05) is 12.1 Å². The van der Waals surface area contributed by atoms with E-state index in [1.165, 1.54) is 30.5 Å². The molecule has 5 aliphatic heterocycles. The summed E-state index contributed by atoms with van der Waals surface area (Å²) in [6, 6.07) is 18.6. The number of pyridine rings is 2. The van der Waals surface area contributed by atoms with Gasteiger partial charge in [0.05, 0.1) is 23.5 Å². The van der Waals surface area contributed by atoms with Crippen LogP contribution < -0.4 is 19.9 Å². The smallest absolute Gasteiger partial charge is 0.138 e. The van der Waals surface area contributed by atoms with E-state index in [-0.39, 0.29) is 0 Å². The third-order valence-electron chi connectivity index (χ3n) is 10.8. The molecule has 5 aliphatic rings. The molecule has 4 aromatic rings. The Kier molecular flexibility index (Phi) is 7.56. The van der Waals surface area contributed by atoms with Crippen LogP contribution >= 0.6 is 0 Å². The van der Waals surface area contributed by atoms with Crippen LogP contribution in [0.1, 0.15) is 30.4 Å². The van der Waals surface area contributed by atoms with Gasteiger partial charge < -0.3 is 19.9 Å². The lowest BCUT2D eigenvalue weighted by Crippen LogP contribution is -2.68. The van der Waals surface area contributed by atoms with E-state index in [1.54, 1.807) is 10.7 Å². The number of nitriles is 1. The van der Waals surface area contributed by atoms with Gasteiger partial charge in [0.25, 0.3) is 0 Å². The molecule has 10 heteroatoms. The molecule has 0 amide bonds. The number of nitrogens with one attached hydrogen (secondary N) is 1. The van der Waals surface area contributed by atoms with Gasteiger partial charge in [0.1, 0.15) is 24.2 Å². The lowest BCUT2D eigenvalue weighted by molar-refractivity contribution is -0.00867. The van der Waals surface area contributed by atoms with Crippen LogP contribution in [0.15, 0.2) is 61.1 Å². The van der Waals surface area contributed by atoms with Crippen molar-refractivity contribution in [2.45, 2.75) is 37.9 Å². The summed E-state index contributed by atoms with van der Waals surface area (Å²) in [6.07, 6.45) is 9.26. The zero-order valence-corrected chi connectivity index (χ0v) is 26.9. The van der Waals surface area contributed by atoms with E-state index in [2.05, 4.69) is 86.6 Å². The molecule has 46 heavy (non-hydrogen) atoms. The van der Waals surface area contributed by atoms with Gasteiger partial charge in [-0.25, -0.2) is 9.50 Å². The maximum atomic E-state index is 9.83. The molecule has 1 N–H and O–H groups in total. The summed E-state index contributed by atoms with van der Waals surface area (Å²) >= 11 is 0. The predicted octanol–water partition coefficient (Wildman–Crippen LogP) is 3.86. The second-order valence-corrected chi connectivity index (χ2v) is 13.9. The van der Waals surface area contributed by atoms with E-state index < -0.39 is 0 Å². The van der Waals surface area contributed by atoms with E-state index in [1.807, 2.05) is 18.5 Å². The van der Waals surface area contributed by atoms with Crippen LogP contribution in [0.2, 0.25) is 0 Å². The molecular weight excluding hydrogens is 574 g/mol. The molecule has 2 bridgehead atoms. The number of hydrogen-bond donors (Lipinski definition) is 1. The number of hydrogen-bond acceptors (Lipinski definition) is 9. The molecule has 0 aliphatic carbocycles. The van der Waals surface area contributed by atoms with Gasteiger partial charge in [-0.15, -0.1) is 0 Å². The molecule has 5 fully saturated rings. The highest BCUT2D eigenvalue weighted by Crippen LogP contribution is 2.38. The van der Waals surface area contributed by atoms with Crippen molar-refractivity contribution in [1.82, 2.24) is 29.7 Å². The van der Waals surface area contributed by atoms with Crippen molar-refractivity contribution < 1.29 is 4.74 Å². The van der Waals surface area contributed by atoms with Gasteiger partial charge in [0.15, 0.2) is 0 Å². The molecule has 1 aromatic carbocycles. The van der Waals surface area contributed by atoms with Crippen molar-refractivity contribution in [3.8, 4) is 22.9 Å². The largest absolute Gasteiger partial charge is 0.491 e. The lowest BCUT2D eigenvalue weighted by atomic mass is 9.86. The molecular formula is C36H43N9O. The number of piperazine rings is 1. The maximum absolute atomic E-state index is 9.83. The second-order valence-electron chi connectivity index (χ2n) is 13.9. The van der Waals surface area contributed by atoms with E-state index in [9.17, 15) is 5.26 Å². The van der Waals surface area contributed by atoms with Crippen molar-refractivity contribution in [3.05, 3.63) is 72.2 Å². The normalized spacial score (nSPS) is 24.4. The molecule has 238 valence electrons. The minimum atomic E-state index is 0.459. The Balaban J connectivity index is 0.938. The highest BCUT2D eigenvalue weighted by Gasteiger charge is 2.44. The van der Waals surface area contributed by atoms with Crippen LogP contribution in [0.3, 0.4) is 0 Å². The Hall–Kier alpha value is -4.17. The quantitative estimate of drug-likeness (QED) is 0.301. The summed E-state index contributed by atoms with van der Waals surface area (Å²) in [5.74, 6) is 1.76. The third-order valence-corrected chi connectivity index (χ3v) is 10.8. The summed E-state index contributed by atoms with van der Waals surface area (Å²) in [5.41, 5.74) is 6.26. The molecule has 5 saturated heterocycles. The zero-order chi connectivity index (χ0) is 31.3. The average molecular weight is 618 g/mol. The Bertz CT molecular complexity index is 1720. The molecule has 8 heterocycles. The van der Waals surface area contributed by atoms with Crippen LogP contribution in [0.4, 0.5) is 11.5 Å². The maximum Gasteiger partial charge on any atom is 0.138 e. The highest BCUT2D eigenvalue weighted by atomic mass is 16.5. The van der Waals surface area contributed by atoms with Crippen molar-refractivity contribution in [1.29, 1.82) is 5.26 Å². The van der Waals surface area contributed by atoms with E-state index in [4.69, 9.17) is 9.72 Å². The number of benzene rings is 1. The van der Waals surface area contributed by atoms with E-state index in [0.29, 0.717) is 29.7 Å². The Morgan fingerprint density at radius 3 is 2.65 bits per heavy atom. The Morgan fingerprint density at radius 1 is 1.09 bits per heavy atom. The van der Waals surface area contributed by atoms with Gasteiger partial charge in [-0.3, -0.25) is 9.80 Å². The van der Waals surface area contributed by atoms with Gasteiger partial charge in [-0.2, -0.15) is 10.4 Å². The molecule has 1 spiro atoms. The minimum Gasteiger partial charge on any atom is -0.491 e. The molecule has 9 rings (SSSR count). The summed E-state index contributed by atoms with van der Waals surface area (Å²) in [7, 11) is 4.16. The first-order chi connectivity index (χ1) is 22.5. The number of nitrogens with zero attached hydrogens (tertiary/aromatic N) is 8. The lowest BCUT2D eigenvalue weighted by Gasteiger charge is -2.56. The SMILES string of the molecule is CN(C)c1ccc(CN2C3CC2CN(c2ccc(-c4cc(OCCN5CCC6(CCNC6)C5)cn5ncc(C#N)c45)cn2)C3)cc1. The summed E-state index contributed by atoms with van der Waals surface area (Å²) in [6.45, 7) is 9.07. The highest BCUT2D eigenvalue weighted by molar-refractivity contribution is 5.85. The monoisotopic (exact) mass is 617 g/mol. The van der Waals surface area contributed by atoms with Crippen LogP contribution in [-0.4, -0.2) is 103 Å². The van der Waals surface area contributed by atoms with Gasteiger partial charge in [0, 0.05) is 88.5 Å². The number of anilines is 2. The molecule has 0 radical (unpaired) electrons. The fourth-order valence-corrected chi connectivity index (χ4v) is 8.11. The zero-order valence-electron chi connectivity index (χ0n) is 26.9. The third kappa shape index (κ3) is 5.46. The number of likely N-dealkylation sites (tertiary alicyclic amines) is 1. The van der Waals surface area contributed by atoms with Gasteiger partial charge in [-0.05, 0) is 73.7 Å². The standard InChI is InChI=1S/C36H43N9O/c1-41(2)29-6-3-26(4-7-29)20-44-30-15-31(44)22-43(21-30)34-8-5-27(18-39-34)33-16-32(23-45-35(33)28(17-37)19-40-45)46-14-13-42-12-10-36(25-42)9-11-38-24-36/h3-8,16,18-19,23,30-31,38H,9-15,20-22,24-25H2,1-2H3. The minimum absolute atomic E-state index is 0.459. The Labute approximate surface area is 271 Å². The van der Waals surface area contributed by atoms with Gasteiger partial charge >= 0.3 is 0 Å². The van der Waals surface area contributed by atoms with Crippen LogP contribution in [0.25, 0.3) is 16.6 Å². The molecule has 0 saturated carbocycles. The van der Waals surface area contributed by atoms with E-state index >= 15 is 0 Å². The van der Waals surface area contributed by atoms with Crippen LogP contribution in [-0.2, 0) is 6.54 Å². The van der Waals surface area contributed by atoms with Crippen molar-refractivity contribution in [2.75, 3.05) is 76.3 Å². The molecule has 10 nitrogen and oxygen atoms in total. The fourth-order valence-electron chi connectivity index (χ4n) is 8.11. The first-order valence-corrected chi connectivity index (χ1v) is 16.7. The summed E-state index contributed by atoms with van der Waals surface area (Å²) in [4.78, 5) is 14.7. The Morgan fingerprint density at radius 2 is 1.93 bits per heavy atom. The number of ether oxygens (including phenoxy) is 1. The van der Waals surface area contributed by atoms with Crippen LogP contribution in [0.5, 0.6) is 5.75 Å². The van der Waals surface area contributed by atoms with Crippen LogP contribution in [0, 0.1) is 16.7 Å². The van der Waals surface area contributed by atoms with E-state index in [0.717, 1.165) is 80.6 Å².